The van der Waals surface area contributed by atoms with Gasteiger partial charge in [0.25, 0.3) is 0 Å². The average Bonchev–Trinajstić information content (AvgIpc) is 1.92. The molecule has 0 atom stereocenters. The number of aromatic nitrogens is 1. The lowest BCUT2D eigenvalue weighted by Crippen LogP contribution is -2.39. The maximum Gasteiger partial charge on any atom is 0.122 e. The first-order valence-corrected chi connectivity index (χ1v) is 8.12. The van der Waals surface area contributed by atoms with Crippen LogP contribution in [0.5, 0.6) is 0 Å². The zero-order valence-corrected chi connectivity index (χ0v) is 10.1. The third-order valence-electron chi connectivity index (χ3n) is 1.69. The van der Waals surface area contributed by atoms with E-state index in [-0.39, 0.29) is 0 Å². The molecule has 2 nitrogen and oxygen atoms in total. The summed E-state index contributed by atoms with van der Waals surface area (Å²) in [4.78, 5) is 4.11. The highest BCUT2D eigenvalue weighted by Crippen LogP contribution is 2.12. The molecule has 0 aliphatic rings. The molecule has 0 saturated carbocycles. The van der Waals surface area contributed by atoms with Gasteiger partial charge in [0.15, 0.2) is 0 Å². The highest BCUT2D eigenvalue weighted by Gasteiger charge is 2.19. The van der Waals surface area contributed by atoms with Gasteiger partial charge in [-0.3, -0.25) is 0 Å². The largest absolute Gasteiger partial charge is 0.384 e. The van der Waals surface area contributed by atoms with Crippen molar-refractivity contribution < 1.29 is 0 Å². The van der Waals surface area contributed by atoms with Gasteiger partial charge in [-0.1, -0.05) is 19.6 Å². The highest BCUT2D eigenvalue weighted by atomic mass is 79.9. The third kappa shape index (κ3) is 2.07. The van der Waals surface area contributed by atoms with Gasteiger partial charge in [0.1, 0.15) is 5.82 Å². The smallest absolute Gasteiger partial charge is 0.122 e. The van der Waals surface area contributed by atoms with Gasteiger partial charge in [0.2, 0.25) is 0 Å². The normalized spacial score (nSPS) is 11.7. The Kier molecular flexibility index (Phi) is 2.58. The molecule has 0 radical (unpaired) electrons. The fourth-order valence-corrected chi connectivity index (χ4v) is 3.01. The second-order valence-corrected chi connectivity index (χ2v) is 9.79. The van der Waals surface area contributed by atoms with Gasteiger partial charge in [-0.25, -0.2) is 4.98 Å². The van der Waals surface area contributed by atoms with Crippen molar-refractivity contribution in [1.82, 2.24) is 4.98 Å². The van der Waals surface area contributed by atoms with E-state index in [1.807, 2.05) is 0 Å². The van der Waals surface area contributed by atoms with E-state index in [1.54, 1.807) is 6.20 Å². The standard InChI is InChI=1S/C8H13BrN2Si/c1-12(2,3)7-4-6(9)5-11-8(7)10/h4-5H,1-3H3,(H2,10,11). The molecule has 1 heterocycles. The summed E-state index contributed by atoms with van der Waals surface area (Å²) < 4.78 is 1.01. The Morgan fingerprint density at radius 1 is 1.42 bits per heavy atom. The summed E-state index contributed by atoms with van der Waals surface area (Å²) in [6.45, 7) is 6.77. The minimum atomic E-state index is -1.33. The summed E-state index contributed by atoms with van der Waals surface area (Å²) in [6.07, 6.45) is 1.74. The van der Waals surface area contributed by atoms with Crippen molar-refractivity contribution in [3.05, 3.63) is 16.7 Å². The van der Waals surface area contributed by atoms with E-state index >= 15 is 0 Å². The van der Waals surface area contributed by atoms with Gasteiger partial charge in [-0.15, -0.1) is 0 Å². The Labute approximate surface area is 82.3 Å². The van der Waals surface area contributed by atoms with Crippen LogP contribution >= 0.6 is 15.9 Å². The molecule has 0 fully saturated rings. The number of nitrogens with zero attached hydrogens (tertiary/aromatic N) is 1. The van der Waals surface area contributed by atoms with Gasteiger partial charge < -0.3 is 5.73 Å². The fourth-order valence-electron chi connectivity index (χ4n) is 1.05. The maximum absolute atomic E-state index is 5.78. The topological polar surface area (TPSA) is 38.9 Å². The zero-order valence-electron chi connectivity index (χ0n) is 7.56. The number of hydrogen-bond donors (Lipinski definition) is 1. The molecule has 0 aliphatic carbocycles. The number of rotatable bonds is 1. The lowest BCUT2D eigenvalue weighted by atomic mass is 10.5. The quantitative estimate of drug-likeness (QED) is 0.768. The molecule has 1 aromatic rings. The molecule has 2 N–H and O–H groups in total. The van der Waals surface area contributed by atoms with Crippen LogP contribution in [0.1, 0.15) is 0 Å². The lowest BCUT2D eigenvalue weighted by molar-refractivity contribution is 1.33. The van der Waals surface area contributed by atoms with E-state index in [9.17, 15) is 0 Å². The Hall–Kier alpha value is -0.353. The summed E-state index contributed by atoms with van der Waals surface area (Å²) in [6, 6.07) is 2.08. The van der Waals surface area contributed by atoms with Crippen molar-refractivity contribution in [2.45, 2.75) is 19.6 Å². The highest BCUT2D eigenvalue weighted by molar-refractivity contribution is 9.10. The maximum atomic E-state index is 5.78. The minimum absolute atomic E-state index is 0.678. The van der Waals surface area contributed by atoms with Gasteiger partial charge in [0.05, 0.1) is 8.07 Å². The molecule has 0 amide bonds. The van der Waals surface area contributed by atoms with Gasteiger partial charge >= 0.3 is 0 Å². The Bertz CT molecular complexity index is 294. The molecule has 0 aliphatic heterocycles. The minimum Gasteiger partial charge on any atom is -0.384 e. The average molecular weight is 245 g/mol. The van der Waals surface area contributed by atoms with E-state index < -0.39 is 8.07 Å². The molecule has 12 heavy (non-hydrogen) atoms. The number of hydrogen-bond acceptors (Lipinski definition) is 2. The second-order valence-electron chi connectivity index (χ2n) is 3.84. The summed E-state index contributed by atoms with van der Waals surface area (Å²) in [5.41, 5.74) is 5.78. The van der Waals surface area contributed by atoms with Crippen molar-refractivity contribution in [3.63, 3.8) is 0 Å². The van der Waals surface area contributed by atoms with Crippen LogP contribution in [0.15, 0.2) is 16.7 Å². The Balaban J connectivity index is 3.23. The molecule has 1 aromatic heterocycles. The molecule has 0 spiro atoms. The van der Waals surface area contributed by atoms with E-state index in [1.165, 1.54) is 5.19 Å². The number of halogens is 1. The molecule has 0 aromatic carbocycles. The van der Waals surface area contributed by atoms with Crippen LogP contribution in [-0.2, 0) is 0 Å². The van der Waals surface area contributed by atoms with E-state index in [4.69, 9.17) is 5.73 Å². The Morgan fingerprint density at radius 3 is 2.42 bits per heavy atom. The van der Waals surface area contributed by atoms with E-state index in [0.717, 1.165) is 4.47 Å². The molecule has 1 rings (SSSR count). The molecule has 66 valence electrons. The van der Waals surface area contributed by atoms with Crippen molar-refractivity contribution in [2.24, 2.45) is 0 Å². The van der Waals surface area contributed by atoms with Crippen molar-refractivity contribution in [1.29, 1.82) is 0 Å². The predicted octanol–water partition coefficient (Wildman–Crippen LogP) is 1.97. The zero-order chi connectivity index (χ0) is 9.35. The fraction of sp³-hybridized carbons (Fsp3) is 0.375. The number of anilines is 1. The van der Waals surface area contributed by atoms with Crippen molar-refractivity contribution in [2.75, 3.05) is 5.73 Å². The van der Waals surface area contributed by atoms with E-state index in [0.29, 0.717) is 5.82 Å². The van der Waals surface area contributed by atoms with Crippen LogP contribution < -0.4 is 10.9 Å². The SMILES string of the molecule is C[Si](C)(C)c1cc(Br)cnc1N. The van der Waals surface area contributed by atoms with Gasteiger partial charge in [-0.05, 0) is 27.2 Å². The monoisotopic (exact) mass is 244 g/mol. The van der Waals surface area contributed by atoms with Crippen molar-refractivity contribution in [3.8, 4) is 0 Å². The predicted molar refractivity (Wildman–Crippen MR) is 59.3 cm³/mol. The Morgan fingerprint density at radius 2 is 2.00 bits per heavy atom. The number of pyridine rings is 1. The first-order chi connectivity index (χ1) is 5.41. The molecule has 0 unspecified atom stereocenters. The first-order valence-electron chi connectivity index (χ1n) is 3.83. The summed E-state index contributed by atoms with van der Waals surface area (Å²) in [7, 11) is -1.33. The van der Waals surface area contributed by atoms with Crippen LogP contribution in [0.3, 0.4) is 0 Å². The summed E-state index contributed by atoms with van der Waals surface area (Å²) >= 11 is 3.39. The van der Waals surface area contributed by atoms with Crippen LogP contribution in [0, 0.1) is 0 Å². The summed E-state index contributed by atoms with van der Waals surface area (Å²) in [5.74, 6) is 0.678. The lowest BCUT2D eigenvalue weighted by Gasteiger charge is -2.18. The number of nitrogens with two attached hydrogens (primary N) is 1. The van der Waals surface area contributed by atoms with Crippen LogP contribution in [0.2, 0.25) is 19.6 Å². The molecule has 0 bridgehead atoms. The van der Waals surface area contributed by atoms with Gasteiger partial charge in [-0.2, -0.15) is 0 Å². The molecular formula is C8H13BrN2Si. The molecule has 0 saturated heterocycles. The van der Waals surface area contributed by atoms with Crippen LogP contribution in [-0.4, -0.2) is 13.1 Å². The summed E-state index contributed by atoms with van der Waals surface area (Å²) in [5, 5.41) is 1.22. The molecule has 4 heteroatoms. The van der Waals surface area contributed by atoms with E-state index in [2.05, 4.69) is 46.6 Å². The number of nitrogen functional groups attached to an aromatic ring is 1. The van der Waals surface area contributed by atoms with Crippen molar-refractivity contribution >= 4 is 35.0 Å². The molecular weight excluding hydrogens is 232 g/mol. The first kappa shape index (κ1) is 9.73. The van der Waals surface area contributed by atoms with Crippen LogP contribution in [0.25, 0.3) is 0 Å². The third-order valence-corrected chi connectivity index (χ3v) is 4.14. The van der Waals surface area contributed by atoms with Crippen LogP contribution in [0.4, 0.5) is 5.82 Å². The second kappa shape index (κ2) is 3.18. The van der Waals surface area contributed by atoms with Gasteiger partial charge in [0, 0.05) is 10.7 Å².